The Hall–Kier alpha value is -1.33. The first-order valence-corrected chi connectivity index (χ1v) is 6.81. The number of nitro benzene ring substituents is 1. The van der Waals surface area contributed by atoms with Crippen LogP contribution in [0.3, 0.4) is 0 Å². The lowest BCUT2D eigenvalue weighted by atomic mass is 9.93. The van der Waals surface area contributed by atoms with Crippen LogP contribution in [0, 0.1) is 16.0 Å². The van der Waals surface area contributed by atoms with Crippen molar-refractivity contribution < 1.29 is 4.92 Å². The second-order valence-electron chi connectivity index (χ2n) is 5.07. The highest BCUT2D eigenvalue weighted by molar-refractivity contribution is 6.30. The third-order valence-corrected chi connectivity index (χ3v) is 3.99. The molecule has 1 aliphatic rings. The van der Waals surface area contributed by atoms with Crippen molar-refractivity contribution in [3.8, 4) is 0 Å². The van der Waals surface area contributed by atoms with Crippen LogP contribution in [-0.2, 0) is 0 Å². The third kappa shape index (κ3) is 2.98. The van der Waals surface area contributed by atoms with Gasteiger partial charge in [-0.25, -0.2) is 0 Å². The quantitative estimate of drug-likeness (QED) is 0.684. The predicted octanol–water partition coefficient (Wildman–Crippen LogP) is 2.81. The van der Waals surface area contributed by atoms with Gasteiger partial charge in [0.25, 0.3) is 5.69 Å². The normalized spacial score (nSPS) is 23.4. The molecule has 1 aliphatic heterocycles. The van der Waals surface area contributed by atoms with E-state index in [0.717, 1.165) is 19.4 Å². The highest BCUT2D eigenvalue weighted by atomic mass is 35.5. The molecular weight excluding hydrogens is 266 g/mol. The van der Waals surface area contributed by atoms with Gasteiger partial charge < -0.3 is 10.6 Å². The van der Waals surface area contributed by atoms with Gasteiger partial charge in [-0.15, -0.1) is 0 Å². The molecule has 0 saturated carbocycles. The molecule has 1 fully saturated rings. The van der Waals surface area contributed by atoms with Crippen molar-refractivity contribution in [3.63, 3.8) is 0 Å². The maximum Gasteiger partial charge on any atom is 0.294 e. The topological polar surface area (TPSA) is 72.4 Å². The Kier molecular flexibility index (Phi) is 4.27. The standard InChI is InChI=1S/C13H18ClN3O2/c1-9-2-3-10(7-15)8-16(9)12-5-4-11(14)6-13(12)17(18)19/h4-6,9-10H,2-3,7-8,15H2,1H3. The number of nitrogens with two attached hydrogens (primary N) is 1. The largest absolute Gasteiger partial charge is 0.363 e. The van der Waals surface area contributed by atoms with E-state index >= 15 is 0 Å². The molecule has 1 saturated heterocycles. The molecule has 2 N–H and O–H groups in total. The molecule has 5 nitrogen and oxygen atoms in total. The zero-order chi connectivity index (χ0) is 14.0. The van der Waals surface area contributed by atoms with Gasteiger partial charge in [-0.3, -0.25) is 10.1 Å². The predicted molar refractivity (Wildman–Crippen MR) is 76.7 cm³/mol. The summed E-state index contributed by atoms with van der Waals surface area (Å²) in [4.78, 5) is 12.9. The minimum absolute atomic E-state index is 0.0667. The second kappa shape index (κ2) is 5.75. The number of benzene rings is 1. The van der Waals surface area contributed by atoms with Crippen LogP contribution < -0.4 is 10.6 Å². The van der Waals surface area contributed by atoms with Crippen molar-refractivity contribution in [3.05, 3.63) is 33.3 Å². The lowest BCUT2D eigenvalue weighted by molar-refractivity contribution is -0.384. The summed E-state index contributed by atoms with van der Waals surface area (Å²) < 4.78 is 0. The molecule has 6 heteroatoms. The van der Waals surface area contributed by atoms with Crippen molar-refractivity contribution >= 4 is 23.0 Å². The number of rotatable bonds is 3. The molecule has 0 bridgehead atoms. The summed E-state index contributed by atoms with van der Waals surface area (Å²) in [6.07, 6.45) is 2.08. The van der Waals surface area contributed by atoms with Gasteiger partial charge in [0, 0.05) is 23.7 Å². The monoisotopic (exact) mass is 283 g/mol. The number of hydrogen-bond acceptors (Lipinski definition) is 4. The molecule has 0 spiro atoms. The van der Waals surface area contributed by atoms with Crippen LogP contribution in [0.15, 0.2) is 18.2 Å². The van der Waals surface area contributed by atoms with Crippen LogP contribution in [0.25, 0.3) is 0 Å². The molecular formula is C13H18ClN3O2. The SMILES string of the molecule is CC1CCC(CN)CN1c1ccc(Cl)cc1[N+](=O)[O-]. The third-order valence-electron chi connectivity index (χ3n) is 3.76. The van der Waals surface area contributed by atoms with E-state index in [0.29, 0.717) is 23.2 Å². The first-order valence-electron chi connectivity index (χ1n) is 6.43. The maximum atomic E-state index is 11.2. The van der Waals surface area contributed by atoms with E-state index in [4.69, 9.17) is 17.3 Å². The van der Waals surface area contributed by atoms with Crippen molar-refractivity contribution in [1.29, 1.82) is 0 Å². The Bertz CT molecular complexity index is 481. The van der Waals surface area contributed by atoms with Gasteiger partial charge in [-0.2, -0.15) is 0 Å². The fourth-order valence-electron chi connectivity index (χ4n) is 2.60. The highest BCUT2D eigenvalue weighted by Gasteiger charge is 2.29. The number of nitrogens with zero attached hydrogens (tertiary/aromatic N) is 2. The van der Waals surface area contributed by atoms with Crippen molar-refractivity contribution in [1.82, 2.24) is 0 Å². The molecule has 104 valence electrons. The number of halogens is 1. The van der Waals surface area contributed by atoms with Crippen LogP contribution in [0.1, 0.15) is 19.8 Å². The highest BCUT2D eigenvalue weighted by Crippen LogP contribution is 2.35. The Labute approximate surface area is 117 Å². The van der Waals surface area contributed by atoms with Crippen LogP contribution >= 0.6 is 11.6 Å². The van der Waals surface area contributed by atoms with Gasteiger partial charge in [-0.05, 0) is 44.4 Å². The van der Waals surface area contributed by atoms with E-state index in [9.17, 15) is 10.1 Å². The van der Waals surface area contributed by atoms with E-state index in [1.807, 2.05) is 0 Å². The van der Waals surface area contributed by atoms with Gasteiger partial charge in [0.05, 0.1) is 4.92 Å². The van der Waals surface area contributed by atoms with Crippen molar-refractivity contribution in [2.75, 3.05) is 18.0 Å². The zero-order valence-corrected chi connectivity index (χ0v) is 11.6. The molecule has 0 aliphatic carbocycles. The summed E-state index contributed by atoms with van der Waals surface area (Å²) in [5, 5.41) is 11.6. The van der Waals surface area contributed by atoms with E-state index in [1.54, 1.807) is 12.1 Å². The van der Waals surface area contributed by atoms with Gasteiger partial charge in [0.1, 0.15) is 5.69 Å². The summed E-state index contributed by atoms with van der Waals surface area (Å²) in [7, 11) is 0. The molecule has 19 heavy (non-hydrogen) atoms. The number of hydrogen-bond donors (Lipinski definition) is 1. The molecule has 1 heterocycles. The number of nitro groups is 1. The van der Waals surface area contributed by atoms with Crippen LogP contribution in [-0.4, -0.2) is 24.1 Å². The first-order chi connectivity index (χ1) is 9.02. The van der Waals surface area contributed by atoms with E-state index in [2.05, 4.69) is 11.8 Å². The minimum Gasteiger partial charge on any atom is -0.363 e. The van der Waals surface area contributed by atoms with Crippen LogP contribution in [0.2, 0.25) is 5.02 Å². The molecule has 0 aromatic heterocycles. The van der Waals surface area contributed by atoms with E-state index < -0.39 is 0 Å². The summed E-state index contributed by atoms with van der Waals surface area (Å²) in [5.74, 6) is 0.395. The first kappa shape index (κ1) is 14.1. The summed E-state index contributed by atoms with van der Waals surface area (Å²) >= 11 is 5.85. The second-order valence-corrected chi connectivity index (χ2v) is 5.51. The number of anilines is 1. The Morgan fingerprint density at radius 3 is 2.89 bits per heavy atom. The molecule has 2 rings (SSSR count). The van der Waals surface area contributed by atoms with Crippen molar-refractivity contribution in [2.45, 2.75) is 25.8 Å². The summed E-state index contributed by atoms with van der Waals surface area (Å²) in [6, 6.07) is 5.12. The lowest BCUT2D eigenvalue weighted by Crippen LogP contribution is -2.44. The van der Waals surface area contributed by atoms with Crippen molar-refractivity contribution in [2.24, 2.45) is 11.7 Å². The van der Waals surface area contributed by atoms with Crippen LogP contribution in [0.4, 0.5) is 11.4 Å². The Balaban J connectivity index is 2.36. The average molecular weight is 284 g/mol. The zero-order valence-electron chi connectivity index (χ0n) is 10.9. The molecule has 0 radical (unpaired) electrons. The fraction of sp³-hybridized carbons (Fsp3) is 0.538. The Morgan fingerprint density at radius 1 is 1.53 bits per heavy atom. The average Bonchev–Trinajstić information content (AvgIpc) is 2.39. The maximum absolute atomic E-state index is 11.2. The summed E-state index contributed by atoms with van der Waals surface area (Å²) in [5.41, 5.74) is 6.43. The van der Waals surface area contributed by atoms with Crippen LogP contribution in [0.5, 0.6) is 0 Å². The van der Waals surface area contributed by atoms with Gasteiger partial charge in [0.2, 0.25) is 0 Å². The molecule has 2 atom stereocenters. The molecule has 1 aromatic rings. The molecule has 1 aromatic carbocycles. The minimum atomic E-state index is -0.375. The fourth-order valence-corrected chi connectivity index (χ4v) is 2.76. The van der Waals surface area contributed by atoms with E-state index in [-0.39, 0.29) is 16.7 Å². The molecule has 0 amide bonds. The van der Waals surface area contributed by atoms with Gasteiger partial charge >= 0.3 is 0 Å². The van der Waals surface area contributed by atoms with E-state index in [1.165, 1.54) is 6.07 Å². The molecule has 2 unspecified atom stereocenters. The smallest absolute Gasteiger partial charge is 0.294 e. The number of piperidine rings is 1. The van der Waals surface area contributed by atoms with Gasteiger partial charge in [-0.1, -0.05) is 11.6 Å². The summed E-state index contributed by atoms with van der Waals surface area (Å²) in [6.45, 7) is 3.47. The lowest BCUT2D eigenvalue weighted by Gasteiger charge is -2.39. The van der Waals surface area contributed by atoms with Gasteiger partial charge in [0.15, 0.2) is 0 Å². The Morgan fingerprint density at radius 2 is 2.26 bits per heavy atom.